The number of guanidine groups is 1. The largest absolute Gasteiger partial charge is 0.861 e. The second-order valence-electron chi connectivity index (χ2n) is 22.2. The van der Waals surface area contributed by atoms with Gasteiger partial charge in [-0.15, -0.1) is 0 Å². The Bertz CT molecular complexity index is 2100. The van der Waals surface area contributed by atoms with Crippen molar-refractivity contribution in [3.63, 3.8) is 0 Å². The molecule has 1 fully saturated rings. The zero-order chi connectivity index (χ0) is 61.4. The number of aliphatic imine (C=N–C) groups is 1. The normalized spacial score (nSPS) is 15.5. The maximum atomic E-state index is 14.2. The molecule has 0 unspecified atom stereocenters. The molecule has 1 aliphatic rings. The van der Waals surface area contributed by atoms with Gasteiger partial charge in [0.05, 0.1) is 31.2 Å². The molecule has 0 aromatic heterocycles. The van der Waals surface area contributed by atoms with Crippen molar-refractivity contribution in [1.29, 1.82) is 5.41 Å². The molecule has 1 heterocycles. The summed E-state index contributed by atoms with van der Waals surface area (Å²) in [7, 11) is 0. The summed E-state index contributed by atoms with van der Waals surface area (Å²) in [5.41, 5.74) is 21.9. The Morgan fingerprint density at radius 1 is 0.679 bits per heavy atom. The van der Waals surface area contributed by atoms with Crippen LogP contribution < -0.4 is 70.6 Å². The van der Waals surface area contributed by atoms with E-state index in [1.165, 1.54) is 4.90 Å². The van der Waals surface area contributed by atoms with Crippen molar-refractivity contribution in [3.05, 3.63) is 0 Å². The number of aliphatic carboxylic acids is 1. The van der Waals surface area contributed by atoms with Crippen molar-refractivity contribution >= 4 is 71.0 Å². The van der Waals surface area contributed by atoms with Crippen molar-refractivity contribution in [2.45, 2.75) is 200 Å². The van der Waals surface area contributed by atoms with Gasteiger partial charge in [-0.05, 0) is 134 Å². The fourth-order valence-corrected chi connectivity index (χ4v) is 8.55. The highest BCUT2D eigenvalue weighted by Crippen LogP contribution is 2.23. The Hall–Kier alpha value is -6.68. The van der Waals surface area contributed by atoms with Gasteiger partial charge in [-0.1, -0.05) is 41.5 Å². The number of carbonyl (C=O) groups excluding carboxylic acids is 9. The lowest BCUT2D eigenvalue weighted by atomic mass is 9.99. The molecule has 1 saturated heterocycles. The first kappa shape index (κ1) is 72.3. The number of nitrogens with one attached hydrogen (secondary N) is 9. The molecule has 1 rings (SSSR count). The molecule has 81 heavy (non-hydrogen) atoms. The minimum Gasteiger partial charge on any atom is -0.861 e. The van der Waals surface area contributed by atoms with Gasteiger partial charge in [-0.2, -0.15) is 0 Å². The summed E-state index contributed by atoms with van der Waals surface area (Å²) >= 11 is 0. The van der Waals surface area contributed by atoms with E-state index in [2.05, 4.69) is 61.4 Å². The third-order valence-corrected chi connectivity index (χ3v) is 13.2. The molecule has 9 amide bonds. The van der Waals surface area contributed by atoms with Gasteiger partial charge in [-0.3, -0.25) is 52.9 Å². The maximum absolute atomic E-state index is 14.2. The Kier molecular flexibility index (Phi) is 34.0. The van der Waals surface area contributed by atoms with Gasteiger partial charge in [0.25, 0.3) is 0 Å². The molecule has 28 heteroatoms. The van der Waals surface area contributed by atoms with Gasteiger partial charge < -0.3 is 90.7 Å². The first-order chi connectivity index (χ1) is 38.0. The second-order valence-corrected chi connectivity index (χ2v) is 22.2. The molecule has 0 spiro atoms. The highest BCUT2D eigenvalue weighted by Gasteiger charge is 2.37. The van der Waals surface area contributed by atoms with Crippen LogP contribution in [0.3, 0.4) is 0 Å². The number of amides is 9. The van der Waals surface area contributed by atoms with Crippen LogP contribution in [0.2, 0.25) is 0 Å². The first-order valence-corrected chi connectivity index (χ1v) is 28.2. The Labute approximate surface area is 476 Å². The monoisotopic (exact) mass is 1150 g/mol. The average molecular weight is 1150 g/mol. The summed E-state index contributed by atoms with van der Waals surface area (Å²) in [6, 6.07) is -8.96. The molecule has 7 atom stereocenters. The van der Waals surface area contributed by atoms with E-state index in [4.69, 9.17) is 33.1 Å². The number of likely N-dealkylation sites (tertiary alicyclic amines) is 1. The molecule has 0 bridgehead atoms. The number of carboxylic acids is 1. The standard InChI is InChI=1S/C53H97N15O13/c1-31(2)20-26-81-53(7,8)21-19-42(71)68-25-14-18-39(68)50(79)61-29-40(69)60-30-41(70)62-34(15-9-11-22-54)46(75)63-36(17-13-24-59-52(57)58)48(77)67-44(33(5)6)51(80)64-35(16-10-12-23-55)47(76)66-38(27-32(3)4)49(78)65-37(45(56)74)28-43(72)73/h31-39,44H,9-30,54-55H2,1-8H3,(H2,56,74)(H,60,69)(H,61,79)(H,62,70)(H,63,75)(H,64,80)(H,65,78)(H,66,76)(H,67,77)(H,72,73)(H4,57,58,59)/p-1/t34-,35-,36-,37-,38-,39-,44-/m0/s1. The van der Waals surface area contributed by atoms with Crippen molar-refractivity contribution in [2.24, 2.45) is 45.7 Å². The van der Waals surface area contributed by atoms with Gasteiger partial charge in [0.2, 0.25) is 53.2 Å². The fourth-order valence-electron chi connectivity index (χ4n) is 8.55. The van der Waals surface area contributed by atoms with E-state index in [0.29, 0.717) is 64.0 Å². The smallest absolute Gasteiger partial charge is 0.305 e. The third-order valence-electron chi connectivity index (χ3n) is 13.2. The van der Waals surface area contributed by atoms with Gasteiger partial charge in [0, 0.05) is 26.1 Å². The Balaban J connectivity index is 3.21. The van der Waals surface area contributed by atoms with Crippen LogP contribution in [0.25, 0.3) is 0 Å². The Morgan fingerprint density at radius 2 is 1.20 bits per heavy atom. The molecule has 0 aliphatic carbocycles. The van der Waals surface area contributed by atoms with E-state index >= 15 is 0 Å². The predicted octanol–water partition coefficient (Wildman–Crippen LogP) is -2.43. The number of rotatable bonds is 41. The molecular formula is C53H96N15O13-. The lowest BCUT2D eigenvalue weighted by Gasteiger charge is -2.29. The zero-order valence-electron chi connectivity index (χ0n) is 48.9. The van der Waals surface area contributed by atoms with Crippen molar-refractivity contribution in [3.8, 4) is 0 Å². The van der Waals surface area contributed by atoms with Crippen LogP contribution in [0.4, 0.5) is 0 Å². The zero-order valence-corrected chi connectivity index (χ0v) is 48.9. The van der Waals surface area contributed by atoms with Crippen LogP contribution in [-0.4, -0.2) is 175 Å². The van der Waals surface area contributed by atoms with Gasteiger partial charge in [-0.25, -0.2) is 0 Å². The van der Waals surface area contributed by atoms with Gasteiger partial charge >= 0.3 is 5.97 Å². The van der Waals surface area contributed by atoms with E-state index in [0.717, 1.165) is 6.42 Å². The number of hydrogen-bond donors (Lipinski definition) is 14. The number of nitrogens with zero attached hydrogens (tertiary/aromatic N) is 2. The average Bonchev–Trinajstić information content (AvgIpc) is 3.90. The lowest BCUT2D eigenvalue weighted by Crippen LogP contribution is -2.60. The minimum atomic E-state index is -1.68. The fraction of sp³-hybridized carbons (Fsp3) is 0.774. The number of ether oxygens (including phenoxy) is 1. The first-order valence-electron chi connectivity index (χ1n) is 28.2. The highest BCUT2D eigenvalue weighted by atomic mass is 16.5. The molecule has 462 valence electrons. The summed E-state index contributed by atoms with van der Waals surface area (Å²) in [6.07, 6.45) is 3.55. The molecule has 0 radical (unpaired) electrons. The van der Waals surface area contributed by atoms with E-state index in [-0.39, 0.29) is 75.9 Å². The summed E-state index contributed by atoms with van der Waals surface area (Å²) in [4.78, 5) is 139. The van der Waals surface area contributed by atoms with Crippen LogP contribution in [0.1, 0.15) is 152 Å². The number of carbonyl (C=O) groups is 10. The summed E-state index contributed by atoms with van der Waals surface area (Å²) < 4.78 is 6.00. The maximum Gasteiger partial charge on any atom is 0.305 e. The van der Waals surface area contributed by atoms with Crippen LogP contribution in [0.5, 0.6) is 0 Å². The van der Waals surface area contributed by atoms with Gasteiger partial charge in [0.1, 0.15) is 36.3 Å². The number of nitrogens with two attached hydrogens (primary N) is 4. The summed E-state index contributed by atoms with van der Waals surface area (Å²) in [5.74, 6) is -9.70. The van der Waals surface area contributed by atoms with Crippen LogP contribution in [-0.2, 0) is 52.7 Å². The lowest BCUT2D eigenvalue weighted by molar-refractivity contribution is -0.223. The number of carboxylic acid groups (broad SMARTS) is 1. The van der Waals surface area contributed by atoms with Crippen LogP contribution in [0.15, 0.2) is 4.99 Å². The quantitative estimate of drug-likeness (QED) is 0.0172. The van der Waals surface area contributed by atoms with E-state index < -0.39 is 132 Å². The molecule has 0 saturated carbocycles. The molecule has 0 aromatic carbocycles. The van der Waals surface area contributed by atoms with Crippen LogP contribution >= 0.6 is 0 Å². The number of unbranched alkanes of at least 4 members (excludes halogenated alkanes) is 2. The summed E-state index contributed by atoms with van der Waals surface area (Å²) in [6.45, 7) is 15.3. The summed E-state index contributed by atoms with van der Waals surface area (Å²) in [5, 5.41) is 48.9. The number of hydrogen-bond acceptors (Lipinski definition) is 16. The Morgan fingerprint density at radius 3 is 1.73 bits per heavy atom. The van der Waals surface area contributed by atoms with Crippen molar-refractivity contribution in [1.82, 2.24) is 47.4 Å². The SMILES string of the molecule is CC(C)CCOC(C)(C)CCC(=O)N1CCC[C@H]1C(=O)NCC(=O)NCC(=O)N[C@@H](CCCCN)C(=O)N[C@@H](CCCN=C(N)N)C(=O)N[C@H](C(=O)N[C@@H](CCCCN)C(=O)N[C@@H](CC(C)C)C(=O)N[C@@H](CC(=O)O)C(=N)[O-])C(C)C. The highest BCUT2D eigenvalue weighted by molar-refractivity contribution is 5.98. The van der Waals surface area contributed by atoms with Gasteiger partial charge in [0.15, 0.2) is 5.96 Å². The van der Waals surface area contributed by atoms with Crippen molar-refractivity contribution < 1.29 is 62.9 Å². The van der Waals surface area contributed by atoms with E-state index in [9.17, 15) is 58.2 Å². The van der Waals surface area contributed by atoms with Crippen molar-refractivity contribution in [2.75, 3.05) is 45.9 Å². The molecule has 28 nitrogen and oxygen atoms in total. The van der Waals surface area contributed by atoms with E-state index in [1.54, 1.807) is 27.7 Å². The minimum absolute atomic E-state index is 0.0317. The second kappa shape index (κ2) is 38.1. The predicted molar refractivity (Wildman–Crippen MR) is 301 cm³/mol. The molecule has 1 aliphatic heterocycles. The molecular weight excluding hydrogens is 1050 g/mol. The molecule has 0 aromatic rings. The molecule has 18 N–H and O–H groups in total. The third kappa shape index (κ3) is 30.1. The van der Waals surface area contributed by atoms with E-state index in [1.807, 2.05) is 13.8 Å². The van der Waals surface area contributed by atoms with Crippen LogP contribution in [0, 0.1) is 23.2 Å². The topological polar surface area (TPSA) is 463 Å².